The summed E-state index contributed by atoms with van der Waals surface area (Å²) >= 11 is 0. The Kier molecular flexibility index (Phi) is 4.94. The third kappa shape index (κ3) is 3.54. The number of aromatic nitrogens is 2. The predicted molar refractivity (Wildman–Crippen MR) is 110 cm³/mol. The zero-order valence-electron chi connectivity index (χ0n) is 15.6. The fourth-order valence-corrected chi connectivity index (χ4v) is 4.99. The van der Waals surface area contributed by atoms with Crippen molar-refractivity contribution in [2.24, 2.45) is 0 Å². The topological polar surface area (TPSA) is 84.3 Å². The van der Waals surface area contributed by atoms with Gasteiger partial charge in [-0.25, -0.2) is 13.1 Å². The smallest absolute Gasteiger partial charge is 0.264 e. The van der Waals surface area contributed by atoms with Gasteiger partial charge in [0.25, 0.3) is 10.0 Å². The highest BCUT2D eigenvalue weighted by Gasteiger charge is 2.33. The molecule has 2 heterocycles. The number of fused-ring (bicyclic) bond motifs is 1. The number of amides is 1. The lowest BCUT2D eigenvalue weighted by Crippen LogP contribution is -2.40. The number of rotatable bonds is 5. The maximum absolute atomic E-state index is 13.3. The summed E-state index contributed by atoms with van der Waals surface area (Å²) in [6, 6.07) is 15.4. The number of carbonyl (C=O) groups is 1. The number of nitrogens with one attached hydrogen (secondary N) is 1. The largest absolute Gasteiger partial charge is 0.346 e. The van der Waals surface area contributed by atoms with Gasteiger partial charge in [-0.15, -0.1) is 0 Å². The van der Waals surface area contributed by atoms with Gasteiger partial charge in [0.1, 0.15) is 0 Å². The molecule has 148 valence electrons. The third-order valence-electron chi connectivity index (χ3n) is 4.90. The van der Waals surface area contributed by atoms with Crippen molar-refractivity contribution < 1.29 is 13.2 Å². The number of hydrogen-bond donors (Lipinski definition) is 1. The number of carbonyl (C=O) groups excluding carboxylic acids is 1. The first kappa shape index (κ1) is 18.9. The Balaban J connectivity index is 1.67. The van der Waals surface area contributed by atoms with Crippen molar-refractivity contribution in [3.8, 4) is 5.69 Å². The van der Waals surface area contributed by atoms with Crippen LogP contribution in [0.1, 0.15) is 18.0 Å². The molecule has 0 saturated heterocycles. The van der Waals surface area contributed by atoms with Crippen molar-refractivity contribution in [2.45, 2.75) is 17.4 Å². The fourth-order valence-electron chi connectivity index (χ4n) is 3.48. The molecule has 1 unspecified atom stereocenters. The summed E-state index contributed by atoms with van der Waals surface area (Å²) in [4.78, 5) is 12.0. The number of nitrogens with zero attached hydrogens (tertiary/aromatic N) is 3. The Hall–Kier alpha value is -3.39. The van der Waals surface area contributed by atoms with E-state index in [1.54, 1.807) is 59.5 Å². The third-order valence-corrected chi connectivity index (χ3v) is 6.72. The van der Waals surface area contributed by atoms with E-state index in [1.165, 1.54) is 10.4 Å². The van der Waals surface area contributed by atoms with Crippen molar-refractivity contribution in [1.82, 2.24) is 15.1 Å². The second kappa shape index (κ2) is 7.56. The number of hydrogen-bond acceptors (Lipinski definition) is 4. The fraction of sp³-hybridized carbons (Fsp3) is 0.143. The molecular formula is C21H20N4O3S. The van der Waals surface area contributed by atoms with Crippen LogP contribution < -0.4 is 9.62 Å². The Morgan fingerprint density at radius 3 is 2.59 bits per heavy atom. The van der Waals surface area contributed by atoms with E-state index in [0.29, 0.717) is 12.1 Å². The lowest BCUT2D eigenvalue weighted by atomic mass is 9.98. The van der Waals surface area contributed by atoms with E-state index in [1.807, 2.05) is 12.1 Å². The van der Waals surface area contributed by atoms with E-state index in [-0.39, 0.29) is 23.4 Å². The van der Waals surface area contributed by atoms with Gasteiger partial charge in [-0.2, -0.15) is 5.10 Å². The Morgan fingerprint density at radius 1 is 1.14 bits per heavy atom. The van der Waals surface area contributed by atoms with Gasteiger partial charge < -0.3 is 5.32 Å². The van der Waals surface area contributed by atoms with Crippen molar-refractivity contribution in [3.63, 3.8) is 0 Å². The molecule has 8 heteroatoms. The van der Waals surface area contributed by atoms with E-state index < -0.39 is 10.0 Å². The lowest BCUT2D eigenvalue weighted by Gasteiger charge is -2.35. The molecule has 1 aromatic heterocycles. The monoisotopic (exact) mass is 408 g/mol. The van der Waals surface area contributed by atoms with E-state index in [9.17, 15) is 13.2 Å². The first-order valence-electron chi connectivity index (χ1n) is 9.15. The zero-order chi connectivity index (χ0) is 20.4. The van der Waals surface area contributed by atoms with Crippen molar-refractivity contribution in [1.29, 1.82) is 0 Å². The molecule has 7 nitrogen and oxygen atoms in total. The molecule has 0 spiro atoms. The molecule has 1 atom stereocenters. The van der Waals surface area contributed by atoms with Crippen LogP contribution in [0.5, 0.6) is 0 Å². The van der Waals surface area contributed by atoms with Crippen molar-refractivity contribution >= 4 is 21.6 Å². The highest BCUT2D eigenvalue weighted by Crippen LogP contribution is 2.37. The number of sulfonamides is 1. The lowest BCUT2D eigenvalue weighted by molar-refractivity contribution is -0.117. The van der Waals surface area contributed by atoms with Crippen LogP contribution in [-0.4, -0.2) is 30.7 Å². The molecule has 1 amide bonds. The molecule has 1 aliphatic heterocycles. The Labute approximate surface area is 169 Å². The number of para-hydroxylation sites is 1. The van der Waals surface area contributed by atoms with Crippen molar-refractivity contribution in [2.75, 3.05) is 10.8 Å². The molecule has 0 aliphatic carbocycles. The number of anilines is 1. The second-order valence-electron chi connectivity index (χ2n) is 6.63. The standard InChI is InChI=1S/C21H20N4O3S/c1-2-21(26)23-19-12-15-25(20-7-4-3-6-18(19)20)29(27,28)17-10-8-16(9-11-17)24-14-5-13-22-24/h2-11,13-14,19H,1,12,15H2,(H,23,26). The van der Waals surface area contributed by atoms with Crippen LogP contribution in [0, 0.1) is 0 Å². The molecule has 3 aromatic rings. The summed E-state index contributed by atoms with van der Waals surface area (Å²) in [5, 5.41) is 7.02. The molecule has 0 radical (unpaired) electrons. The molecule has 0 saturated carbocycles. The number of benzene rings is 2. The van der Waals surface area contributed by atoms with Gasteiger partial charge in [0.05, 0.1) is 22.3 Å². The molecule has 1 N–H and O–H groups in total. The maximum Gasteiger partial charge on any atom is 0.264 e. The predicted octanol–water partition coefficient (Wildman–Crippen LogP) is 2.81. The highest BCUT2D eigenvalue weighted by atomic mass is 32.2. The first-order valence-corrected chi connectivity index (χ1v) is 10.6. The summed E-state index contributed by atoms with van der Waals surface area (Å²) in [7, 11) is -3.75. The van der Waals surface area contributed by atoms with Crippen LogP contribution in [-0.2, 0) is 14.8 Å². The minimum Gasteiger partial charge on any atom is -0.346 e. The van der Waals surface area contributed by atoms with Gasteiger partial charge in [-0.05, 0) is 54.5 Å². The zero-order valence-corrected chi connectivity index (χ0v) is 16.4. The molecule has 0 fully saturated rings. The van der Waals surface area contributed by atoms with Crippen LogP contribution in [0.25, 0.3) is 5.69 Å². The molecular weight excluding hydrogens is 388 g/mol. The second-order valence-corrected chi connectivity index (χ2v) is 8.50. The van der Waals surface area contributed by atoms with Crippen LogP contribution in [0.4, 0.5) is 5.69 Å². The van der Waals surface area contributed by atoms with Gasteiger partial charge in [0, 0.05) is 18.9 Å². The average Bonchev–Trinajstić information content (AvgIpc) is 3.29. The van der Waals surface area contributed by atoms with E-state index >= 15 is 0 Å². The summed E-state index contributed by atoms with van der Waals surface area (Å²) in [5.41, 5.74) is 2.12. The van der Waals surface area contributed by atoms with Gasteiger partial charge in [0.2, 0.25) is 5.91 Å². The average molecular weight is 408 g/mol. The maximum atomic E-state index is 13.3. The summed E-state index contributed by atoms with van der Waals surface area (Å²) in [6.07, 6.45) is 5.15. The van der Waals surface area contributed by atoms with Crippen LogP contribution in [0.15, 0.2) is 84.5 Å². The normalized spacial score (nSPS) is 16.1. The van der Waals surface area contributed by atoms with Crippen LogP contribution >= 0.6 is 0 Å². The van der Waals surface area contributed by atoms with Crippen molar-refractivity contribution in [3.05, 3.63) is 85.2 Å². The van der Waals surface area contributed by atoms with Crippen LogP contribution in [0.3, 0.4) is 0 Å². The Morgan fingerprint density at radius 2 is 1.90 bits per heavy atom. The van der Waals surface area contributed by atoms with Gasteiger partial charge in [-0.1, -0.05) is 24.8 Å². The van der Waals surface area contributed by atoms with E-state index in [2.05, 4.69) is 17.0 Å². The minimum atomic E-state index is -3.75. The van der Waals surface area contributed by atoms with Crippen LogP contribution in [0.2, 0.25) is 0 Å². The summed E-state index contributed by atoms with van der Waals surface area (Å²) in [6.45, 7) is 3.74. The first-order chi connectivity index (χ1) is 14.0. The Bertz CT molecular complexity index is 1140. The minimum absolute atomic E-state index is 0.205. The quantitative estimate of drug-likeness (QED) is 0.658. The molecule has 1 aliphatic rings. The van der Waals surface area contributed by atoms with Gasteiger partial charge >= 0.3 is 0 Å². The summed E-state index contributed by atoms with van der Waals surface area (Å²) in [5.74, 6) is -0.282. The SMILES string of the molecule is C=CC(=O)NC1CCN(S(=O)(=O)c2ccc(-n3cccn3)cc2)c2ccccc21. The van der Waals surface area contributed by atoms with Gasteiger partial charge in [-0.3, -0.25) is 9.10 Å². The molecule has 2 aromatic carbocycles. The van der Waals surface area contributed by atoms with Gasteiger partial charge in [0.15, 0.2) is 0 Å². The van der Waals surface area contributed by atoms with E-state index in [0.717, 1.165) is 11.3 Å². The molecule has 0 bridgehead atoms. The molecule has 29 heavy (non-hydrogen) atoms. The highest BCUT2D eigenvalue weighted by molar-refractivity contribution is 7.92. The van der Waals surface area contributed by atoms with E-state index in [4.69, 9.17) is 0 Å². The molecule has 4 rings (SSSR count). The summed E-state index contributed by atoms with van der Waals surface area (Å²) < 4.78 is 29.7.